The first-order chi connectivity index (χ1) is 15.0. The Balaban J connectivity index is 0.000000479. The molecule has 1 fully saturated rings. The van der Waals surface area contributed by atoms with Crippen molar-refractivity contribution in [2.24, 2.45) is 4.99 Å². The SMILES string of the molecule is C=C(C)C.CC(=O)ON1C(=O)c2ccccc2C1=O.CC(=O)ON1CCCC1.CN=C=S. The molecule has 1 saturated heterocycles. The first-order valence-corrected chi connectivity index (χ1v) is 10.1. The highest BCUT2D eigenvalue weighted by atomic mass is 32.1. The van der Waals surface area contributed by atoms with Gasteiger partial charge in [-0.1, -0.05) is 22.8 Å². The normalized spacial score (nSPS) is 13.6. The highest BCUT2D eigenvalue weighted by Gasteiger charge is 2.37. The average Bonchev–Trinajstić information content (AvgIpc) is 3.30. The van der Waals surface area contributed by atoms with E-state index >= 15 is 0 Å². The van der Waals surface area contributed by atoms with E-state index in [0.717, 1.165) is 32.9 Å². The Kier molecular flexibility index (Phi) is 14.0. The average molecular weight is 464 g/mol. The van der Waals surface area contributed by atoms with Crippen molar-refractivity contribution in [1.29, 1.82) is 0 Å². The van der Waals surface area contributed by atoms with Crippen LogP contribution in [0.3, 0.4) is 0 Å². The summed E-state index contributed by atoms with van der Waals surface area (Å²) in [4.78, 5) is 56.8. The fraction of sp³-hybridized carbons (Fsp3) is 0.409. The predicted molar refractivity (Wildman–Crippen MR) is 123 cm³/mol. The number of amides is 2. The Morgan fingerprint density at radius 2 is 1.34 bits per heavy atom. The lowest BCUT2D eigenvalue weighted by atomic mass is 10.1. The molecule has 1 aromatic carbocycles. The number of fused-ring (bicyclic) bond motifs is 1. The molecule has 9 nitrogen and oxygen atoms in total. The van der Waals surface area contributed by atoms with Crippen LogP contribution in [0.2, 0.25) is 0 Å². The van der Waals surface area contributed by atoms with Gasteiger partial charge in [0, 0.05) is 34.0 Å². The van der Waals surface area contributed by atoms with Crippen molar-refractivity contribution in [2.45, 2.75) is 40.5 Å². The van der Waals surface area contributed by atoms with Gasteiger partial charge < -0.3 is 9.68 Å². The van der Waals surface area contributed by atoms with Crippen molar-refractivity contribution in [2.75, 3.05) is 20.1 Å². The van der Waals surface area contributed by atoms with E-state index in [9.17, 15) is 19.2 Å². The van der Waals surface area contributed by atoms with Gasteiger partial charge in [-0.2, -0.15) is 0 Å². The molecule has 3 rings (SSSR count). The Hall–Kier alpha value is -3.20. The van der Waals surface area contributed by atoms with Crippen molar-refractivity contribution in [3.8, 4) is 0 Å². The molecule has 0 N–H and O–H groups in total. The molecule has 174 valence electrons. The summed E-state index contributed by atoms with van der Waals surface area (Å²) >= 11 is 4.14. The van der Waals surface area contributed by atoms with E-state index in [0.29, 0.717) is 5.06 Å². The molecular formula is C22H29N3O6S. The number of rotatable bonds is 2. The zero-order valence-corrected chi connectivity index (χ0v) is 19.9. The van der Waals surface area contributed by atoms with E-state index in [2.05, 4.69) is 33.8 Å². The van der Waals surface area contributed by atoms with Gasteiger partial charge in [0.05, 0.1) is 16.3 Å². The standard InChI is InChI=1S/C10H7NO4.C6H11NO2.C4H8.C2H3NS/c1-6(12)15-11-9(13)7-4-2-3-5-8(7)10(11)14;1-6(8)9-7-4-2-3-5-7;1-4(2)3;1-3-2-4/h2-5H,1H3;2-5H2,1H3;1H2,2-3H3;1H3. The van der Waals surface area contributed by atoms with Crippen molar-refractivity contribution in [3.63, 3.8) is 0 Å². The number of allylic oxidation sites excluding steroid dienone is 1. The predicted octanol–water partition coefficient (Wildman–Crippen LogP) is 3.62. The third-order valence-electron chi connectivity index (χ3n) is 3.39. The molecule has 2 aliphatic heterocycles. The van der Waals surface area contributed by atoms with E-state index in [-0.39, 0.29) is 17.1 Å². The van der Waals surface area contributed by atoms with Crippen LogP contribution >= 0.6 is 12.2 Å². The number of benzene rings is 1. The number of hydroxylamine groups is 4. The molecule has 0 aromatic heterocycles. The van der Waals surface area contributed by atoms with Crippen LogP contribution in [0.4, 0.5) is 0 Å². The molecule has 2 aliphatic rings. The smallest absolute Gasteiger partial charge is 0.330 e. The summed E-state index contributed by atoms with van der Waals surface area (Å²) in [5.41, 5.74) is 1.67. The van der Waals surface area contributed by atoms with Crippen LogP contribution in [-0.2, 0) is 19.3 Å². The molecule has 2 heterocycles. The minimum Gasteiger partial charge on any atom is -0.368 e. The number of imide groups is 1. The second-order valence-electron chi connectivity index (χ2n) is 6.77. The third-order valence-corrected chi connectivity index (χ3v) is 3.57. The first-order valence-electron chi connectivity index (χ1n) is 9.73. The Morgan fingerprint density at radius 3 is 1.66 bits per heavy atom. The van der Waals surface area contributed by atoms with Crippen molar-refractivity contribution in [3.05, 3.63) is 47.5 Å². The van der Waals surface area contributed by atoms with Crippen LogP contribution in [0.25, 0.3) is 0 Å². The van der Waals surface area contributed by atoms with Crippen LogP contribution in [0.1, 0.15) is 61.3 Å². The summed E-state index contributed by atoms with van der Waals surface area (Å²) in [7, 11) is 1.59. The molecule has 0 bridgehead atoms. The molecule has 0 spiro atoms. The van der Waals surface area contributed by atoms with E-state index in [1.165, 1.54) is 24.6 Å². The van der Waals surface area contributed by atoms with Crippen molar-refractivity contribution >= 4 is 41.1 Å². The van der Waals surface area contributed by atoms with E-state index in [1.807, 2.05) is 13.8 Å². The summed E-state index contributed by atoms with van der Waals surface area (Å²) < 4.78 is 0. The number of thiocarbonyl (C=S) groups is 1. The molecule has 32 heavy (non-hydrogen) atoms. The van der Waals surface area contributed by atoms with Crippen LogP contribution in [-0.4, -0.2) is 59.2 Å². The molecule has 1 aromatic rings. The maximum absolute atomic E-state index is 11.6. The minimum absolute atomic E-state index is 0.211. The zero-order valence-electron chi connectivity index (χ0n) is 19.0. The van der Waals surface area contributed by atoms with Gasteiger partial charge in [0.1, 0.15) is 0 Å². The molecule has 0 saturated carbocycles. The van der Waals surface area contributed by atoms with Crippen molar-refractivity contribution < 1.29 is 28.9 Å². The van der Waals surface area contributed by atoms with Gasteiger partial charge in [-0.25, -0.2) is 9.79 Å². The Morgan fingerprint density at radius 1 is 0.969 bits per heavy atom. The van der Waals surface area contributed by atoms with E-state index in [1.54, 1.807) is 24.2 Å². The number of hydrogen-bond acceptors (Lipinski definition) is 9. The quantitative estimate of drug-likeness (QED) is 0.283. The highest BCUT2D eigenvalue weighted by molar-refractivity contribution is 7.78. The lowest BCUT2D eigenvalue weighted by molar-refractivity contribution is -0.182. The summed E-state index contributed by atoms with van der Waals surface area (Å²) in [6.45, 7) is 11.9. The van der Waals surface area contributed by atoms with Crippen LogP contribution in [0, 0.1) is 0 Å². The molecule has 0 unspecified atom stereocenters. The molecule has 0 aliphatic carbocycles. The van der Waals surface area contributed by atoms with Gasteiger partial charge in [0.15, 0.2) is 0 Å². The van der Waals surface area contributed by atoms with Gasteiger partial charge in [-0.05, 0) is 51.0 Å². The van der Waals surface area contributed by atoms with Crippen LogP contribution in [0.15, 0.2) is 41.4 Å². The third kappa shape index (κ3) is 11.3. The number of carbonyl (C=O) groups excluding carboxylic acids is 4. The number of aliphatic imine (C=N–C) groups is 1. The topological polar surface area (TPSA) is 106 Å². The van der Waals surface area contributed by atoms with E-state index < -0.39 is 17.8 Å². The fourth-order valence-corrected chi connectivity index (χ4v) is 2.34. The van der Waals surface area contributed by atoms with Gasteiger partial charge in [0.25, 0.3) is 11.8 Å². The fourth-order valence-electron chi connectivity index (χ4n) is 2.34. The largest absolute Gasteiger partial charge is 0.368 e. The summed E-state index contributed by atoms with van der Waals surface area (Å²) in [6, 6.07) is 6.31. The zero-order chi connectivity index (χ0) is 24.7. The lowest BCUT2D eigenvalue weighted by Gasteiger charge is -2.11. The summed E-state index contributed by atoms with van der Waals surface area (Å²) in [5, 5.41) is 4.33. The number of isothiocyanates is 1. The first kappa shape index (κ1) is 28.8. The van der Waals surface area contributed by atoms with Gasteiger partial charge in [-0.15, -0.1) is 11.6 Å². The highest BCUT2D eigenvalue weighted by Crippen LogP contribution is 2.22. The van der Waals surface area contributed by atoms with Gasteiger partial charge in [-0.3, -0.25) is 14.4 Å². The van der Waals surface area contributed by atoms with Crippen LogP contribution in [0.5, 0.6) is 0 Å². The molecule has 10 heteroatoms. The van der Waals surface area contributed by atoms with Gasteiger partial charge >= 0.3 is 11.9 Å². The second-order valence-corrected chi connectivity index (χ2v) is 6.96. The monoisotopic (exact) mass is 463 g/mol. The number of carbonyl (C=O) groups is 4. The second kappa shape index (κ2) is 15.6. The summed E-state index contributed by atoms with van der Waals surface area (Å²) in [6.07, 6.45) is 2.29. The van der Waals surface area contributed by atoms with Crippen LogP contribution < -0.4 is 0 Å². The summed E-state index contributed by atoms with van der Waals surface area (Å²) in [5.74, 6) is -2.13. The molecule has 2 amide bonds. The maximum atomic E-state index is 11.6. The maximum Gasteiger partial charge on any atom is 0.330 e. The number of hydrogen-bond donors (Lipinski definition) is 0. The minimum atomic E-state index is -0.704. The number of nitrogens with zero attached hydrogens (tertiary/aromatic N) is 3. The van der Waals surface area contributed by atoms with Gasteiger partial charge in [0.2, 0.25) is 0 Å². The molecular weight excluding hydrogens is 434 g/mol. The molecule has 0 atom stereocenters. The molecule has 0 radical (unpaired) electrons. The van der Waals surface area contributed by atoms with Crippen molar-refractivity contribution in [1.82, 2.24) is 10.1 Å². The van der Waals surface area contributed by atoms with E-state index in [4.69, 9.17) is 4.84 Å². The lowest BCUT2D eigenvalue weighted by Crippen LogP contribution is -2.31. The Bertz CT molecular complexity index is 835. The Labute approximate surface area is 193 Å².